The number of hydrogen-bond acceptors (Lipinski definition) is 3. The van der Waals surface area contributed by atoms with E-state index in [0.717, 1.165) is 17.0 Å². The van der Waals surface area contributed by atoms with Crippen LogP contribution in [0.5, 0.6) is 5.75 Å². The van der Waals surface area contributed by atoms with E-state index in [-0.39, 0.29) is 11.8 Å². The van der Waals surface area contributed by atoms with Crippen LogP contribution >= 0.6 is 0 Å². The second-order valence-corrected chi connectivity index (χ2v) is 4.47. The highest BCUT2D eigenvalue weighted by Crippen LogP contribution is 2.31. The molecule has 0 radical (unpaired) electrons. The molecule has 1 aliphatic heterocycles. The number of nitrogens with one attached hydrogen (secondary N) is 1. The Morgan fingerprint density at radius 2 is 1.90 bits per heavy atom. The van der Waals surface area contributed by atoms with E-state index in [1.54, 1.807) is 24.3 Å². The average molecular weight is 267 g/mol. The Hall–Kier alpha value is -2.75. The van der Waals surface area contributed by atoms with Crippen molar-refractivity contribution in [3.8, 4) is 5.75 Å². The first kappa shape index (κ1) is 12.3. The number of aromatic carboxylic acids is 1. The second kappa shape index (κ2) is 5.09. The molecule has 4 nitrogen and oxygen atoms in total. The van der Waals surface area contributed by atoms with Crippen molar-refractivity contribution in [3.05, 3.63) is 65.7 Å². The zero-order valence-corrected chi connectivity index (χ0v) is 10.6. The Balaban J connectivity index is 1.68. The maximum absolute atomic E-state index is 10.8. The SMILES string of the molecule is O=C(O)c1ccc(/C=C/C2Nc3ccccc3O2)cc1. The third-order valence-electron chi connectivity index (χ3n) is 3.06. The molecule has 0 aromatic heterocycles. The van der Waals surface area contributed by atoms with E-state index in [4.69, 9.17) is 9.84 Å². The first-order valence-electron chi connectivity index (χ1n) is 6.26. The van der Waals surface area contributed by atoms with Gasteiger partial charge >= 0.3 is 5.97 Å². The molecule has 1 heterocycles. The summed E-state index contributed by atoms with van der Waals surface area (Å²) in [6, 6.07) is 14.5. The number of benzene rings is 2. The molecule has 0 bridgehead atoms. The molecule has 0 fully saturated rings. The summed E-state index contributed by atoms with van der Waals surface area (Å²) in [5.41, 5.74) is 2.18. The summed E-state index contributed by atoms with van der Waals surface area (Å²) in [6.45, 7) is 0. The second-order valence-electron chi connectivity index (χ2n) is 4.47. The van der Waals surface area contributed by atoms with Gasteiger partial charge in [0, 0.05) is 0 Å². The number of carbonyl (C=O) groups is 1. The number of para-hydroxylation sites is 2. The fraction of sp³-hybridized carbons (Fsp3) is 0.0625. The van der Waals surface area contributed by atoms with E-state index in [1.165, 1.54) is 0 Å². The van der Waals surface area contributed by atoms with Gasteiger partial charge in [0.05, 0.1) is 11.3 Å². The Kier molecular flexibility index (Phi) is 3.13. The predicted octanol–water partition coefficient (Wildman–Crippen LogP) is 3.23. The zero-order valence-electron chi connectivity index (χ0n) is 10.6. The molecule has 0 saturated carbocycles. The molecule has 1 unspecified atom stereocenters. The molecule has 0 spiro atoms. The van der Waals surface area contributed by atoms with E-state index in [2.05, 4.69) is 5.32 Å². The predicted molar refractivity (Wildman–Crippen MR) is 76.9 cm³/mol. The lowest BCUT2D eigenvalue weighted by molar-refractivity contribution is 0.0697. The third-order valence-corrected chi connectivity index (χ3v) is 3.06. The molecule has 20 heavy (non-hydrogen) atoms. The molecule has 100 valence electrons. The molecule has 2 aromatic rings. The lowest BCUT2D eigenvalue weighted by atomic mass is 10.1. The summed E-state index contributed by atoms with van der Waals surface area (Å²) < 4.78 is 5.70. The number of anilines is 1. The lowest BCUT2D eigenvalue weighted by Gasteiger charge is -2.05. The Morgan fingerprint density at radius 3 is 2.60 bits per heavy atom. The van der Waals surface area contributed by atoms with Crippen molar-refractivity contribution >= 4 is 17.7 Å². The van der Waals surface area contributed by atoms with Gasteiger partial charge in [-0.2, -0.15) is 0 Å². The highest BCUT2D eigenvalue weighted by Gasteiger charge is 2.17. The minimum atomic E-state index is -0.920. The van der Waals surface area contributed by atoms with Gasteiger partial charge in [-0.1, -0.05) is 30.3 Å². The molecule has 4 heteroatoms. The lowest BCUT2D eigenvalue weighted by Crippen LogP contribution is -2.16. The van der Waals surface area contributed by atoms with Gasteiger partial charge < -0.3 is 15.2 Å². The van der Waals surface area contributed by atoms with Crippen molar-refractivity contribution in [2.24, 2.45) is 0 Å². The van der Waals surface area contributed by atoms with Crippen molar-refractivity contribution in [2.75, 3.05) is 5.32 Å². The van der Waals surface area contributed by atoms with Crippen LogP contribution in [-0.2, 0) is 0 Å². The maximum Gasteiger partial charge on any atom is 0.335 e. The molecule has 1 atom stereocenters. The van der Waals surface area contributed by atoms with E-state index >= 15 is 0 Å². The Morgan fingerprint density at radius 1 is 1.15 bits per heavy atom. The fourth-order valence-electron chi connectivity index (χ4n) is 2.03. The van der Waals surface area contributed by atoms with Crippen molar-refractivity contribution < 1.29 is 14.6 Å². The van der Waals surface area contributed by atoms with Crippen LogP contribution < -0.4 is 10.1 Å². The summed E-state index contributed by atoms with van der Waals surface area (Å²) in [5, 5.41) is 12.1. The van der Waals surface area contributed by atoms with Gasteiger partial charge in [-0.3, -0.25) is 0 Å². The van der Waals surface area contributed by atoms with Gasteiger partial charge in [0.2, 0.25) is 0 Å². The van der Waals surface area contributed by atoms with Crippen LogP contribution in [0.15, 0.2) is 54.6 Å². The van der Waals surface area contributed by atoms with Crippen LogP contribution in [0.3, 0.4) is 0 Å². The smallest absolute Gasteiger partial charge is 0.335 e. The summed E-state index contributed by atoms with van der Waals surface area (Å²) in [7, 11) is 0. The maximum atomic E-state index is 10.8. The minimum Gasteiger partial charge on any atom is -0.478 e. The van der Waals surface area contributed by atoms with E-state index < -0.39 is 5.97 Å². The molecule has 1 aliphatic rings. The van der Waals surface area contributed by atoms with Crippen molar-refractivity contribution in [1.29, 1.82) is 0 Å². The van der Waals surface area contributed by atoms with Crippen molar-refractivity contribution in [2.45, 2.75) is 6.23 Å². The number of rotatable bonds is 3. The monoisotopic (exact) mass is 267 g/mol. The van der Waals surface area contributed by atoms with Gasteiger partial charge in [-0.05, 0) is 35.9 Å². The van der Waals surface area contributed by atoms with Gasteiger partial charge in [-0.15, -0.1) is 0 Å². The molecular weight excluding hydrogens is 254 g/mol. The Bertz CT molecular complexity index is 637. The number of fused-ring (bicyclic) bond motifs is 1. The first-order valence-corrected chi connectivity index (χ1v) is 6.26. The Labute approximate surface area is 116 Å². The van der Waals surface area contributed by atoms with Crippen LogP contribution in [0.1, 0.15) is 15.9 Å². The number of hydrogen-bond donors (Lipinski definition) is 2. The summed E-state index contributed by atoms with van der Waals surface area (Å²) in [4.78, 5) is 10.8. The quantitative estimate of drug-likeness (QED) is 0.896. The van der Waals surface area contributed by atoms with Gasteiger partial charge in [-0.25, -0.2) is 4.79 Å². The molecule has 2 aromatic carbocycles. The average Bonchev–Trinajstić information content (AvgIpc) is 2.88. The van der Waals surface area contributed by atoms with E-state index in [9.17, 15) is 4.79 Å². The summed E-state index contributed by atoms with van der Waals surface area (Å²) >= 11 is 0. The van der Waals surface area contributed by atoms with Crippen LogP contribution in [0.25, 0.3) is 6.08 Å². The minimum absolute atomic E-state index is 0.202. The van der Waals surface area contributed by atoms with E-state index in [0.29, 0.717) is 0 Å². The normalized spacial score (nSPS) is 16.5. The number of carboxylic acid groups (broad SMARTS) is 1. The van der Waals surface area contributed by atoms with Crippen LogP contribution in [0.4, 0.5) is 5.69 Å². The highest BCUT2D eigenvalue weighted by molar-refractivity contribution is 5.87. The highest BCUT2D eigenvalue weighted by atomic mass is 16.5. The first-order chi connectivity index (χ1) is 9.72. The topological polar surface area (TPSA) is 58.6 Å². The standard InChI is InChI=1S/C16H13NO3/c18-16(19)12-8-5-11(6-9-12)7-10-15-17-13-3-1-2-4-14(13)20-15/h1-10,15,17H,(H,18,19)/b10-7+. The zero-order chi connectivity index (χ0) is 13.9. The number of ether oxygens (including phenoxy) is 1. The van der Waals surface area contributed by atoms with Gasteiger partial charge in [0.1, 0.15) is 5.75 Å². The van der Waals surface area contributed by atoms with Crippen LogP contribution in [0.2, 0.25) is 0 Å². The van der Waals surface area contributed by atoms with Crippen LogP contribution in [-0.4, -0.2) is 17.3 Å². The largest absolute Gasteiger partial charge is 0.478 e. The number of carboxylic acids is 1. The molecule has 2 N–H and O–H groups in total. The molecule has 0 amide bonds. The third kappa shape index (κ3) is 2.49. The van der Waals surface area contributed by atoms with Crippen LogP contribution in [0, 0.1) is 0 Å². The van der Waals surface area contributed by atoms with Gasteiger partial charge in [0.25, 0.3) is 0 Å². The van der Waals surface area contributed by atoms with Crippen molar-refractivity contribution in [3.63, 3.8) is 0 Å². The summed E-state index contributed by atoms with van der Waals surface area (Å²) in [5.74, 6) is -0.0832. The fourth-order valence-corrected chi connectivity index (χ4v) is 2.03. The molecule has 0 aliphatic carbocycles. The van der Waals surface area contributed by atoms with Gasteiger partial charge in [0.15, 0.2) is 6.23 Å². The molecular formula is C16H13NO3. The summed E-state index contributed by atoms with van der Waals surface area (Å²) in [6.07, 6.45) is 3.59. The molecule has 3 rings (SSSR count). The molecule has 0 saturated heterocycles. The van der Waals surface area contributed by atoms with E-state index in [1.807, 2.05) is 36.4 Å². The van der Waals surface area contributed by atoms with Crippen molar-refractivity contribution in [1.82, 2.24) is 0 Å².